The molecule has 0 saturated heterocycles. The molecule has 3 N–H and O–H groups in total. The van der Waals surface area contributed by atoms with Gasteiger partial charge in [0.05, 0.1) is 5.69 Å². The van der Waals surface area contributed by atoms with Gasteiger partial charge in [-0.05, 0) is 44.0 Å². The predicted molar refractivity (Wildman–Crippen MR) is 76.1 cm³/mol. The van der Waals surface area contributed by atoms with Crippen LogP contribution in [0.15, 0.2) is 33.8 Å². The fraction of sp³-hybridized carbons (Fsp3) is 0.286. The van der Waals surface area contributed by atoms with E-state index in [0.29, 0.717) is 18.3 Å². The maximum Gasteiger partial charge on any atom is 0.193 e. The fourth-order valence-electron chi connectivity index (χ4n) is 1.89. The lowest BCUT2D eigenvalue weighted by Crippen LogP contribution is -2.22. The molecular formula is C14H18N4O. The van der Waals surface area contributed by atoms with Crippen molar-refractivity contribution in [3.8, 4) is 0 Å². The number of aryl methyl sites for hydroxylation is 3. The van der Waals surface area contributed by atoms with Crippen molar-refractivity contribution in [3.63, 3.8) is 0 Å². The monoisotopic (exact) mass is 258 g/mol. The van der Waals surface area contributed by atoms with Gasteiger partial charge in [-0.3, -0.25) is 0 Å². The SMILES string of the molecule is Cc1cc(C)cc(NC(N)=NCc2cc(C)no2)c1. The van der Waals surface area contributed by atoms with Crippen molar-refractivity contribution in [2.75, 3.05) is 5.32 Å². The molecule has 0 fully saturated rings. The summed E-state index contributed by atoms with van der Waals surface area (Å²) in [5.41, 5.74) is 9.98. The van der Waals surface area contributed by atoms with Gasteiger partial charge in [-0.2, -0.15) is 0 Å². The predicted octanol–water partition coefficient (Wildman–Crippen LogP) is 2.53. The third-order valence-electron chi connectivity index (χ3n) is 2.58. The van der Waals surface area contributed by atoms with Gasteiger partial charge in [0.15, 0.2) is 11.7 Å². The highest BCUT2D eigenvalue weighted by molar-refractivity contribution is 5.92. The largest absolute Gasteiger partial charge is 0.370 e. The highest BCUT2D eigenvalue weighted by Crippen LogP contribution is 2.13. The van der Waals surface area contributed by atoms with Crippen LogP contribution in [0.25, 0.3) is 0 Å². The van der Waals surface area contributed by atoms with Crippen LogP contribution < -0.4 is 11.1 Å². The summed E-state index contributed by atoms with van der Waals surface area (Å²) in [6, 6.07) is 7.99. The van der Waals surface area contributed by atoms with E-state index in [1.54, 1.807) is 0 Å². The molecule has 19 heavy (non-hydrogen) atoms. The molecule has 0 aliphatic carbocycles. The maximum absolute atomic E-state index is 5.84. The minimum absolute atomic E-state index is 0.360. The number of nitrogens with two attached hydrogens (primary N) is 1. The number of rotatable bonds is 3. The van der Waals surface area contributed by atoms with Crippen molar-refractivity contribution in [2.45, 2.75) is 27.3 Å². The Hall–Kier alpha value is -2.30. The second kappa shape index (κ2) is 5.56. The first kappa shape index (κ1) is 13.1. The molecule has 1 aromatic carbocycles. The van der Waals surface area contributed by atoms with Gasteiger partial charge in [-0.25, -0.2) is 4.99 Å². The van der Waals surface area contributed by atoms with Gasteiger partial charge in [-0.15, -0.1) is 0 Å². The Morgan fingerprint density at radius 1 is 1.21 bits per heavy atom. The molecule has 0 aliphatic heterocycles. The van der Waals surface area contributed by atoms with Gasteiger partial charge in [0.25, 0.3) is 0 Å². The molecule has 5 nitrogen and oxygen atoms in total. The molecule has 5 heteroatoms. The van der Waals surface area contributed by atoms with Crippen LogP contribution in [-0.4, -0.2) is 11.1 Å². The Bertz CT molecular complexity index is 581. The first-order valence-electron chi connectivity index (χ1n) is 6.10. The van der Waals surface area contributed by atoms with E-state index in [9.17, 15) is 0 Å². The third-order valence-corrected chi connectivity index (χ3v) is 2.58. The molecule has 0 aliphatic rings. The molecule has 0 bridgehead atoms. The molecule has 0 amide bonds. The van der Waals surface area contributed by atoms with Gasteiger partial charge in [-0.1, -0.05) is 11.2 Å². The zero-order valence-electron chi connectivity index (χ0n) is 11.4. The molecule has 2 aromatic rings. The Balaban J connectivity index is 2.01. The number of aromatic nitrogens is 1. The van der Waals surface area contributed by atoms with Gasteiger partial charge < -0.3 is 15.6 Å². The molecule has 0 radical (unpaired) electrons. The minimum Gasteiger partial charge on any atom is -0.370 e. The number of nitrogens with one attached hydrogen (secondary N) is 1. The average molecular weight is 258 g/mol. The normalized spacial score (nSPS) is 11.6. The zero-order valence-corrected chi connectivity index (χ0v) is 11.4. The summed E-state index contributed by atoms with van der Waals surface area (Å²) in [5.74, 6) is 1.06. The summed E-state index contributed by atoms with van der Waals surface area (Å²) in [6.07, 6.45) is 0. The van der Waals surface area contributed by atoms with Gasteiger partial charge in [0, 0.05) is 11.8 Å². The van der Waals surface area contributed by atoms with E-state index in [0.717, 1.165) is 11.4 Å². The van der Waals surface area contributed by atoms with E-state index in [4.69, 9.17) is 10.3 Å². The van der Waals surface area contributed by atoms with Crippen LogP contribution in [-0.2, 0) is 6.54 Å². The van der Waals surface area contributed by atoms with E-state index in [1.165, 1.54) is 11.1 Å². The van der Waals surface area contributed by atoms with E-state index >= 15 is 0 Å². The second-order valence-electron chi connectivity index (χ2n) is 4.64. The minimum atomic E-state index is 0.360. The molecule has 0 spiro atoms. The number of anilines is 1. The van der Waals surface area contributed by atoms with Crippen molar-refractivity contribution < 1.29 is 4.52 Å². The van der Waals surface area contributed by atoms with Crippen molar-refractivity contribution in [3.05, 3.63) is 46.8 Å². The van der Waals surface area contributed by atoms with Gasteiger partial charge in [0.2, 0.25) is 0 Å². The second-order valence-corrected chi connectivity index (χ2v) is 4.64. The van der Waals surface area contributed by atoms with Crippen LogP contribution in [0.4, 0.5) is 5.69 Å². The highest BCUT2D eigenvalue weighted by Gasteiger charge is 2.01. The molecule has 2 rings (SSSR count). The Labute approximate surface area is 112 Å². The van der Waals surface area contributed by atoms with Crippen molar-refractivity contribution >= 4 is 11.6 Å². The quantitative estimate of drug-likeness (QED) is 0.655. The lowest BCUT2D eigenvalue weighted by Gasteiger charge is -2.07. The molecule has 0 saturated carbocycles. The maximum atomic E-state index is 5.84. The summed E-state index contributed by atoms with van der Waals surface area (Å²) in [4.78, 5) is 4.21. The summed E-state index contributed by atoms with van der Waals surface area (Å²) in [5, 5.41) is 6.86. The molecule has 0 atom stereocenters. The van der Waals surface area contributed by atoms with Gasteiger partial charge in [0.1, 0.15) is 6.54 Å². The fourth-order valence-corrected chi connectivity index (χ4v) is 1.89. The summed E-state index contributed by atoms with van der Waals surface area (Å²) < 4.78 is 5.06. The third kappa shape index (κ3) is 3.84. The first-order chi connectivity index (χ1) is 9.02. The summed E-state index contributed by atoms with van der Waals surface area (Å²) in [7, 11) is 0. The molecule has 1 aromatic heterocycles. The zero-order chi connectivity index (χ0) is 13.8. The number of nitrogens with zero attached hydrogens (tertiary/aromatic N) is 2. The van der Waals surface area contributed by atoms with Crippen molar-refractivity contribution in [1.29, 1.82) is 0 Å². The van der Waals surface area contributed by atoms with Crippen LogP contribution in [0.5, 0.6) is 0 Å². The topological polar surface area (TPSA) is 76.4 Å². The molecule has 1 heterocycles. The van der Waals surface area contributed by atoms with E-state index < -0.39 is 0 Å². The number of aliphatic imine (C=N–C) groups is 1. The number of hydrogen-bond donors (Lipinski definition) is 2. The molecular weight excluding hydrogens is 240 g/mol. The number of benzene rings is 1. The Kier molecular flexibility index (Phi) is 3.85. The van der Waals surface area contributed by atoms with Crippen LogP contribution >= 0.6 is 0 Å². The smallest absolute Gasteiger partial charge is 0.193 e. The highest BCUT2D eigenvalue weighted by atomic mass is 16.5. The van der Waals surface area contributed by atoms with Crippen molar-refractivity contribution in [2.24, 2.45) is 10.7 Å². The van der Waals surface area contributed by atoms with E-state index in [2.05, 4.69) is 21.5 Å². The Morgan fingerprint density at radius 2 is 1.89 bits per heavy atom. The summed E-state index contributed by atoms with van der Waals surface area (Å²) in [6.45, 7) is 6.34. The average Bonchev–Trinajstić information content (AvgIpc) is 2.71. The molecule has 100 valence electrons. The van der Waals surface area contributed by atoms with Crippen LogP contribution in [0, 0.1) is 20.8 Å². The van der Waals surface area contributed by atoms with Crippen LogP contribution in [0.1, 0.15) is 22.6 Å². The lowest BCUT2D eigenvalue weighted by molar-refractivity contribution is 0.381. The number of hydrogen-bond acceptors (Lipinski definition) is 3. The van der Waals surface area contributed by atoms with Crippen LogP contribution in [0.3, 0.4) is 0 Å². The van der Waals surface area contributed by atoms with E-state index in [1.807, 2.05) is 39.0 Å². The summed E-state index contributed by atoms with van der Waals surface area (Å²) >= 11 is 0. The standard InChI is InChI=1S/C14H18N4O/c1-9-4-10(2)6-12(5-9)17-14(15)16-8-13-7-11(3)18-19-13/h4-7H,8H2,1-3H3,(H3,15,16,17). The molecule has 0 unspecified atom stereocenters. The van der Waals surface area contributed by atoms with Crippen LogP contribution in [0.2, 0.25) is 0 Å². The first-order valence-corrected chi connectivity index (χ1v) is 6.10. The Morgan fingerprint density at radius 3 is 2.47 bits per heavy atom. The van der Waals surface area contributed by atoms with Gasteiger partial charge >= 0.3 is 0 Å². The number of guanidine groups is 1. The van der Waals surface area contributed by atoms with Crippen molar-refractivity contribution in [1.82, 2.24) is 5.16 Å². The lowest BCUT2D eigenvalue weighted by atomic mass is 10.1. The van der Waals surface area contributed by atoms with E-state index in [-0.39, 0.29) is 0 Å².